The Hall–Kier alpha value is -1.03. The van der Waals surface area contributed by atoms with Crippen LogP contribution in [0.5, 0.6) is 0 Å². The first-order valence-corrected chi connectivity index (χ1v) is 7.32. The van der Waals surface area contributed by atoms with Crippen molar-refractivity contribution in [2.75, 3.05) is 5.73 Å². The van der Waals surface area contributed by atoms with E-state index in [4.69, 9.17) is 5.73 Å². The summed E-state index contributed by atoms with van der Waals surface area (Å²) in [5, 5.41) is 3.12. The minimum absolute atomic E-state index is 0.0268. The lowest BCUT2D eigenvalue weighted by molar-refractivity contribution is 0.0932. The molecule has 2 rings (SSSR count). The van der Waals surface area contributed by atoms with Crippen molar-refractivity contribution in [2.24, 2.45) is 0 Å². The number of carbonyl (C=O) groups is 1. The lowest BCUT2D eigenvalue weighted by Gasteiger charge is -2.17. The van der Waals surface area contributed by atoms with Gasteiger partial charge in [-0.05, 0) is 47.0 Å². The molecule has 1 fully saturated rings. The maximum absolute atomic E-state index is 12.2. The summed E-state index contributed by atoms with van der Waals surface area (Å²) in [6.45, 7) is 0. The number of nitrogens with two attached hydrogens (primary N) is 1. The fourth-order valence-electron chi connectivity index (χ4n) is 2.40. The van der Waals surface area contributed by atoms with Gasteiger partial charge in [-0.15, -0.1) is 0 Å². The van der Waals surface area contributed by atoms with Crippen molar-refractivity contribution in [3.05, 3.63) is 28.2 Å². The third-order valence-corrected chi connectivity index (χ3v) is 4.12. The summed E-state index contributed by atoms with van der Waals surface area (Å²) >= 11 is 3.39. The van der Waals surface area contributed by atoms with Crippen molar-refractivity contribution in [1.29, 1.82) is 0 Å². The number of halogens is 1. The third kappa shape index (κ3) is 3.48. The van der Waals surface area contributed by atoms with Crippen molar-refractivity contribution < 1.29 is 4.79 Å². The van der Waals surface area contributed by atoms with E-state index in [1.807, 2.05) is 6.07 Å². The van der Waals surface area contributed by atoms with Crippen LogP contribution in [0, 0.1) is 0 Å². The van der Waals surface area contributed by atoms with Gasteiger partial charge in [-0.25, -0.2) is 0 Å². The Bertz CT molecular complexity index is 426. The quantitative estimate of drug-likeness (QED) is 0.649. The number of anilines is 1. The highest BCUT2D eigenvalue weighted by Gasteiger charge is 2.17. The molecule has 0 heterocycles. The molecule has 0 unspecified atom stereocenters. The number of nitrogen functional groups attached to an aromatic ring is 1. The molecule has 1 aromatic carbocycles. The second-order valence-electron chi connectivity index (χ2n) is 4.90. The molecule has 0 spiro atoms. The number of hydrogen-bond donors (Lipinski definition) is 2. The molecule has 1 aliphatic rings. The summed E-state index contributed by atoms with van der Waals surface area (Å²) in [6.07, 6.45) is 7.17. The van der Waals surface area contributed by atoms with Gasteiger partial charge in [0.1, 0.15) is 0 Å². The van der Waals surface area contributed by atoms with Crippen LogP contribution >= 0.6 is 15.9 Å². The van der Waals surface area contributed by atoms with Gasteiger partial charge in [-0.1, -0.05) is 25.7 Å². The van der Waals surface area contributed by atoms with Crippen molar-refractivity contribution in [3.63, 3.8) is 0 Å². The number of hydrogen-bond acceptors (Lipinski definition) is 2. The highest BCUT2D eigenvalue weighted by molar-refractivity contribution is 9.10. The normalized spacial score (nSPS) is 17.2. The zero-order valence-electron chi connectivity index (χ0n) is 10.4. The van der Waals surface area contributed by atoms with Gasteiger partial charge in [-0.3, -0.25) is 4.79 Å². The zero-order chi connectivity index (χ0) is 13.0. The number of carbonyl (C=O) groups excluding carboxylic acids is 1. The minimum Gasteiger partial charge on any atom is -0.399 e. The summed E-state index contributed by atoms with van der Waals surface area (Å²) in [7, 11) is 0. The van der Waals surface area contributed by atoms with Gasteiger partial charge in [0, 0.05) is 16.2 Å². The van der Waals surface area contributed by atoms with Gasteiger partial charge in [0.05, 0.1) is 5.56 Å². The fraction of sp³-hybridized carbons (Fsp3) is 0.500. The Labute approximate surface area is 116 Å². The highest BCUT2D eigenvalue weighted by Crippen LogP contribution is 2.21. The molecule has 18 heavy (non-hydrogen) atoms. The van der Waals surface area contributed by atoms with E-state index in [-0.39, 0.29) is 5.91 Å². The molecule has 98 valence electrons. The summed E-state index contributed by atoms with van der Waals surface area (Å²) in [4.78, 5) is 12.2. The van der Waals surface area contributed by atoms with Gasteiger partial charge in [0.15, 0.2) is 0 Å². The molecule has 1 aromatic rings. The van der Waals surface area contributed by atoms with Crippen molar-refractivity contribution in [3.8, 4) is 0 Å². The monoisotopic (exact) mass is 310 g/mol. The lowest BCUT2D eigenvalue weighted by Crippen LogP contribution is -2.34. The molecule has 0 bridgehead atoms. The van der Waals surface area contributed by atoms with E-state index >= 15 is 0 Å². The summed E-state index contributed by atoms with van der Waals surface area (Å²) in [5.41, 5.74) is 6.96. The Morgan fingerprint density at radius 2 is 1.89 bits per heavy atom. The molecule has 1 saturated carbocycles. The van der Waals surface area contributed by atoms with E-state index in [0.717, 1.165) is 17.3 Å². The van der Waals surface area contributed by atoms with Crippen molar-refractivity contribution in [1.82, 2.24) is 5.32 Å². The molecule has 0 aliphatic heterocycles. The first-order valence-electron chi connectivity index (χ1n) is 6.52. The van der Waals surface area contributed by atoms with Crippen LogP contribution in [0.25, 0.3) is 0 Å². The topological polar surface area (TPSA) is 55.1 Å². The summed E-state index contributed by atoms with van der Waals surface area (Å²) in [6, 6.07) is 5.63. The predicted octanol–water partition coefficient (Wildman–Crippen LogP) is 3.48. The zero-order valence-corrected chi connectivity index (χ0v) is 12.0. The van der Waals surface area contributed by atoms with Crippen LogP contribution in [0.1, 0.15) is 48.9 Å². The Balaban J connectivity index is 2.04. The van der Waals surface area contributed by atoms with Gasteiger partial charge in [-0.2, -0.15) is 0 Å². The van der Waals surface area contributed by atoms with Crippen LogP contribution in [0.2, 0.25) is 0 Å². The van der Waals surface area contributed by atoms with Crippen LogP contribution in [0.4, 0.5) is 5.69 Å². The molecular weight excluding hydrogens is 292 g/mol. The standard InChI is InChI=1S/C14H19BrN2O/c15-13-8-7-10(16)9-12(13)14(18)17-11-5-3-1-2-4-6-11/h7-9,11H,1-6,16H2,(H,17,18). The number of rotatable bonds is 2. The maximum Gasteiger partial charge on any atom is 0.252 e. The van der Waals surface area contributed by atoms with Crippen LogP contribution in [0.15, 0.2) is 22.7 Å². The molecule has 1 amide bonds. The maximum atomic E-state index is 12.2. The van der Waals surface area contributed by atoms with E-state index in [1.165, 1.54) is 25.7 Å². The Morgan fingerprint density at radius 1 is 1.22 bits per heavy atom. The largest absolute Gasteiger partial charge is 0.399 e. The van der Waals surface area contributed by atoms with E-state index in [0.29, 0.717) is 17.3 Å². The van der Waals surface area contributed by atoms with E-state index < -0.39 is 0 Å². The molecular formula is C14H19BrN2O. The molecule has 4 heteroatoms. The lowest BCUT2D eigenvalue weighted by atomic mass is 10.1. The molecule has 3 N–H and O–H groups in total. The van der Waals surface area contributed by atoms with Gasteiger partial charge < -0.3 is 11.1 Å². The molecule has 1 aliphatic carbocycles. The highest BCUT2D eigenvalue weighted by atomic mass is 79.9. The third-order valence-electron chi connectivity index (χ3n) is 3.43. The summed E-state index contributed by atoms with van der Waals surface area (Å²) in [5.74, 6) is -0.0268. The molecule has 0 saturated heterocycles. The predicted molar refractivity (Wildman–Crippen MR) is 77.5 cm³/mol. The second kappa shape index (κ2) is 6.23. The number of amides is 1. The van der Waals surface area contributed by atoms with Crippen LogP contribution in [-0.4, -0.2) is 11.9 Å². The molecule has 0 atom stereocenters. The smallest absolute Gasteiger partial charge is 0.252 e. The van der Waals surface area contributed by atoms with Crippen LogP contribution < -0.4 is 11.1 Å². The summed E-state index contributed by atoms with van der Waals surface area (Å²) < 4.78 is 0.794. The SMILES string of the molecule is Nc1ccc(Br)c(C(=O)NC2CCCCCC2)c1. The first kappa shape index (κ1) is 13.4. The minimum atomic E-state index is -0.0268. The van der Waals surface area contributed by atoms with E-state index in [2.05, 4.69) is 21.2 Å². The van der Waals surface area contributed by atoms with Gasteiger partial charge in [0.2, 0.25) is 0 Å². The Kier molecular flexibility index (Phi) is 4.64. The van der Waals surface area contributed by atoms with Crippen LogP contribution in [-0.2, 0) is 0 Å². The van der Waals surface area contributed by atoms with Crippen molar-refractivity contribution >= 4 is 27.5 Å². The van der Waals surface area contributed by atoms with Gasteiger partial charge in [0.25, 0.3) is 5.91 Å². The van der Waals surface area contributed by atoms with Gasteiger partial charge >= 0.3 is 0 Å². The number of benzene rings is 1. The molecule has 3 nitrogen and oxygen atoms in total. The molecule has 0 aromatic heterocycles. The second-order valence-corrected chi connectivity index (χ2v) is 5.76. The van der Waals surface area contributed by atoms with Crippen molar-refractivity contribution in [2.45, 2.75) is 44.6 Å². The molecule has 0 radical (unpaired) electrons. The Morgan fingerprint density at radius 3 is 2.56 bits per heavy atom. The van der Waals surface area contributed by atoms with E-state index in [1.54, 1.807) is 12.1 Å². The average Bonchev–Trinajstić information content (AvgIpc) is 2.61. The number of nitrogens with one attached hydrogen (secondary N) is 1. The van der Waals surface area contributed by atoms with Crippen LogP contribution in [0.3, 0.4) is 0 Å². The fourth-order valence-corrected chi connectivity index (χ4v) is 2.83. The van der Waals surface area contributed by atoms with E-state index in [9.17, 15) is 4.79 Å². The average molecular weight is 311 g/mol. The first-order chi connectivity index (χ1) is 8.66.